The molecular weight excluding hydrogens is 280 g/mol. The lowest BCUT2D eigenvalue weighted by atomic mass is 9.99. The molecule has 2 fully saturated rings. The van der Waals surface area contributed by atoms with E-state index in [-0.39, 0.29) is 11.8 Å². The molecule has 4 heteroatoms. The summed E-state index contributed by atoms with van der Waals surface area (Å²) in [6, 6.07) is 11.2. The molecule has 3 nitrogen and oxygen atoms in total. The molecule has 110 valence electrons. The molecule has 2 aliphatic heterocycles. The fourth-order valence-corrected chi connectivity index (χ4v) is 4.71. The molecule has 2 bridgehead atoms. The van der Waals surface area contributed by atoms with Gasteiger partial charge in [0.25, 0.3) is 0 Å². The Hall–Kier alpha value is -1.39. The summed E-state index contributed by atoms with van der Waals surface area (Å²) in [5.74, 6) is 0.461. The number of hydrogen-bond donors (Lipinski definition) is 1. The number of hydrogen-bond acceptors (Lipinski definition) is 3. The molecule has 4 rings (SSSR count). The Kier molecular flexibility index (Phi) is 3.43. The van der Waals surface area contributed by atoms with Crippen molar-refractivity contribution in [3.8, 4) is 0 Å². The number of nitrogens with zero attached hydrogens (tertiary/aromatic N) is 1. The van der Waals surface area contributed by atoms with Crippen LogP contribution in [-0.2, 0) is 11.3 Å². The van der Waals surface area contributed by atoms with E-state index in [1.807, 2.05) is 11.3 Å². The highest BCUT2D eigenvalue weighted by molar-refractivity contribution is 7.19. The van der Waals surface area contributed by atoms with Crippen molar-refractivity contribution in [2.75, 3.05) is 13.1 Å². The van der Waals surface area contributed by atoms with Gasteiger partial charge in [-0.3, -0.25) is 9.69 Å². The van der Waals surface area contributed by atoms with E-state index in [0.717, 1.165) is 32.5 Å². The van der Waals surface area contributed by atoms with Gasteiger partial charge in [-0.05, 0) is 30.4 Å². The van der Waals surface area contributed by atoms with Crippen molar-refractivity contribution in [2.45, 2.75) is 31.8 Å². The van der Waals surface area contributed by atoms with Crippen molar-refractivity contribution in [2.24, 2.45) is 5.92 Å². The minimum atomic E-state index is 0.187. The maximum absolute atomic E-state index is 12.1. The summed E-state index contributed by atoms with van der Waals surface area (Å²) < 4.78 is 1.36. The van der Waals surface area contributed by atoms with Gasteiger partial charge in [0.05, 0.1) is 5.92 Å². The first-order valence-electron chi connectivity index (χ1n) is 7.78. The Morgan fingerprint density at radius 2 is 2.14 bits per heavy atom. The number of carbonyl (C=O) groups excluding carboxylic acids is 1. The van der Waals surface area contributed by atoms with Crippen LogP contribution in [0, 0.1) is 5.92 Å². The van der Waals surface area contributed by atoms with Crippen molar-refractivity contribution in [3.63, 3.8) is 0 Å². The molecule has 1 aromatic heterocycles. The first-order chi connectivity index (χ1) is 10.3. The molecule has 0 saturated carbocycles. The topological polar surface area (TPSA) is 32.3 Å². The fourth-order valence-electron chi connectivity index (χ4n) is 3.61. The molecule has 0 radical (unpaired) electrons. The summed E-state index contributed by atoms with van der Waals surface area (Å²) >= 11 is 1.88. The van der Waals surface area contributed by atoms with Gasteiger partial charge in [-0.25, -0.2) is 0 Å². The normalized spacial score (nSPS) is 26.6. The summed E-state index contributed by atoms with van der Waals surface area (Å²) in [6.07, 6.45) is 3.36. The minimum Gasteiger partial charge on any atom is -0.352 e. The van der Waals surface area contributed by atoms with Gasteiger partial charge < -0.3 is 5.32 Å². The number of nitrogens with one attached hydrogen (secondary N) is 1. The minimum absolute atomic E-state index is 0.187. The zero-order valence-corrected chi connectivity index (χ0v) is 12.9. The summed E-state index contributed by atoms with van der Waals surface area (Å²) in [5.41, 5.74) is 0. The Balaban J connectivity index is 1.55. The monoisotopic (exact) mass is 300 g/mol. The highest BCUT2D eigenvalue weighted by Gasteiger charge is 2.32. The molecule has 0 aliphatic carbocycles. The van der Waals surface area contributed by atoms with Crippen LogP contribution in [0.4, 0.5) is 0 Å². The standard InChI is InChI=1S/C17H20N2OS/c20-17-13-5-3-6-14(18-17)10-19(9-13)11-15-8-12-4-1-2-7-16(12)21-15/h1-2,4,7-8,13-14H,3,5-6,9-11H2,(H,18,20)/t13-,14+/m1/s1. The number of likely N-dealkylation sites (tertiary alicyclic amines) is 1. The van der Waals surface area contributed by atoms with Gasteiger partial charge in [-0.2, -0.15) is 0 Å². The van der Waals surface area contributed by atoms with E-state index in [2.05, 4.69) is 40.5 Å². The number of rotatable bonds is 2. The molecule has 2 aliphatic rings. The van der Waals surface area contributed by atoms with Crippen LogP contribution in [0.5, 0.6) is 0 Å². The lowest BCUT2D eigenvalue weighted by Gasteiger charge is -2.26. The third-order valence-electron chi connectivity index (χ3n) is 4.64. The average molecular weight is 300 g/mol. The average Bonchev–Trinajstić information content (AvgIpc) is 2.69. The lowest BCUT2D eigenvalue weighted by Crippen LogP contribution is -2.38. The molecule has 1 aromatic carbocycles. The van der Waals surface area contributed by atoms with Crippen molar-refractivity contribution >= 4 is 27.3 Å². The van der Waals surface area contributed by atoms with Gasteiger partial charge in [0.2, 0.25) is 5.91 Å². The highest BCUT2D eigenvalue weighted by Crippen LogP contribution is 2.28. The van der Waals surface area contributed by atoms with Crippen LogP contribution in [0.1, 0.15) is 24.1 Å². The summed E-state index contributed by atoms with van der Waals surface area (Å²) in [6.45, 7) is 2.88. The van der Waals surface area contributed by atoms with Crippen LogP contribution >= 0.6 is 11.3 Å². The molecule has 0 spiro atoms. The molecule has 2 atom stereocenters. The molecule has 2 saturated heterocycles. The molecule has 0 unspecified atom stereocenters. The molecule has 21 heavy (non-hydrogen) atoms. The van der Waals surface area contributed by atoms with Gasteiger partial charge in [0.1, 0.15) is 0 Å². The van der Waals surface area contributed by atoms with Crippen LogP contribution in [0.15, 0.2) is 30.3 Å². The van der Waals surface area contributed by atoms with Gasteiger partial charge in [0, 0.05) is 35.3 Å². The maximum Gasteiger partial charge on any atom is 0.224 e. The third kappa shape index (κ3) is 2.70. The predicted molar refractivity (Wildman–Crippen MR) is 86.4 cm³/mol. The second kappa shape index (κ2) is 5.43. The van der Waals surface area contributed by atoms with Crippen molar-refractivity contribution < 1.29 is 4.79 Å². The van der Waals surface area contributed by atoms with E-state index >= 15 is 0 Å². The Morgan fingerprint density at radius 1 is 1.24 bits per heavy atom. The maximum atomic E-state index is 12.1. The van der Waals surface area contributed by atoms with E-state index in [4.69, 9.17) is 0 Å². The van der Waals surface area contributed by atoms with E-state index in [0.29, 0.717) is 6.04 Å². The van der Waals surface area contributed by atoms with Crippen molar-refractivity contribution in [3.05, 3.63) is 35.2 Å². The SMILES string of the molecule is O=C1N[C@H]2CCC[C@@H]1CN(Cc1cc3ccccc3s1)C2. The summed E-state index contributed by atoms with van der Waals surface area (Å²) in [7, 11) is 0. The molecule has 1 N–H and O–H groups in total. The zero-order chi connectivity index (χ0) is 14.2. The lowest BCUT2D eigenvalue weighted by molar-refractivity contribution is -0.124. The number of fused-ring (bicyclic) bond motifs is 4. The quantitative estimate of drug-likeness (QED) is 0.924. The summed E-state index contributed by atoms with van der Waals surface area (Å²) in [5, 5.41) is 4.54. The molecule has 1 amide bonds. The van der Waals surface area contributed by atoms with Gasteiger partial charge in [0.15, 0.2) is 0 Å². The Morgan fingerprint density at radius 3 is 3.05 bits per heavy atom. The number of thiophene rings is 1. The van der Waals surface area contributed by atoms with Crippen molar-refractivity contribution in [1.82, 2.24) is 10.2 Å². The molecular formula is C17H20N2OS. The third-order valence-corrected chi connectivity index (χ3v) is 5.74. The first kappa shape index (κ1) is 13.3. The van der Waals surface area contributed by atoms with E-state index < -0.39 is 0 Å². The molecule has 2 aromatic rings. The largest absolute Gasteiger partial charge is 0.352 e. The smallest absolute Gasteiger partial charge is 0.224 e. The zero-order valence-electron chi connectivity index (χ0n) is 12.0. The van der Waals surface area contributed by atoms with E-state index in [9.17, 15) is 4.79 Å². The highest BCUT2D eigenvalue weighted by atomic mass is 32.1. The number of amides is 1. The first-order valence-corrected chi connectivity index (χ1v) is 8.60. The number of carbonyl (C=O) groups is 1. The predicted octanol–water partition coefficient (Wildman–Crippen LogP) is 3.00. The van der Waals surface area contributed by atoms with E-state index in [1.54, 1.807) is 0 Å². The van der Waals surface area contributed by atoms with Crippen LogP contribution in [-0.4, -0.2) is 29.9 Å². The summed E-state index contributed by atoms with van der Waals surface area (Å²) in [4.78, 5) is 16.0. The Bertz CT molecular complexity index is 633. The van der Waals surface area contributed by atoms with E-state index in [1.165, 1.54) is 21.4 Å². The second-order valence-electron chi connectivity index (χ2n) is 6.28. The van der Waals surface area contributed by atoms with Gasteiger partial charge in [-0.15, -0.1) is 11.3 Å². The van der Waals surface area contributed by atoms with Crippen LogP contribution < -0.4 is 5.32 Å². The van der Waals surface area contributed by atoms with Gasteiger partial charge in [-0.1, -0.05) is 24.6 Å². The van der Waals surface area contributed by atoms with Crippen LogP contribution in [0.2, 0.25) is 0 Å². The Labute approximate surface area is 128 Å². The van der Waals surface area contributed by atoms with Gasteiger partial charge >= 0.3 is 0 Å². The van der Waals surface area contributed by atoms with Crippen LogP contribution in [0.25, 0.3) is 10.1 Å². The molecule has 3 heterocycles. The fraction of sp³-hybridized carbons (Fsp3) is 0.471. The number of benzene rings is 1. The van der Waals surface area contributed by atoms with Crippen LogP contribution in [0.3, 0.4) is 0 Å². The second-order valence-corrected chi connectivity index (χ2v) is 7.45. The van der Waals surface area contributed by atoms with Crippen molar-refractivity contribution in [1.29, 1.82) is 0 Å².